The van der Waals surface area contributed by atoms with Gasteiger partial charge >= 0.3 is 0 Å². The summed E-state index contributed by atoms with van der Waals surface area (Å²) in [5, 5.41) is 0.685. The molecule has 1 aromatic rings. The summed E-state index contributed by atoms with van der Waals surface area (Å²) in [6.45, 7) is 4.01. The number of carbonyl (C=O) groups is 1. The molecule has 0 bridgehead atoms. The molecule has 3 heteroatoms. The Kier molecular flexibility index (Phi) is 4.79. The predicted octanol–water partition coefficient (Wildman–Crippen LogP) is 2.88. The first-order valence-electron chi connectivity index (χ1n) is 4.95. The average Bonchev–Trinajstić information content (AvgIpc) is 2.19. The first-order valence-corrected chi connectivity index (χ1v) is 5.33. The normalized spacial score (nSPS) is 10.7. The summed E-state index contributed by atoms with van der Waals surface area (Å²) in [6, 6.07) is 7.28. The molecule has 1 rings (SSSR count). The summed E-state index contributed by atoms with van der Waals surface area (Å²) in [4.78, 5) is 11.4. The van der Waals surface area contributed by atoms with Crippen LogP contribution in [0.1, 0.15) is 19.4 Å². The summed E-state index contributed by atoms with van der Waals surface area (Å²) in [6.07, 6.45) is 0.503. The minimum absolute atomic E-state index is 0.0889. The summed E-state index contributed by atoms with van der Waals surface area (Å²) in [5.74, 6) is 0.0889. The van der Waals surface area contributed by atoms with E-state index in [9.17, 15) is 4.79 Å². The SMILES string of the molecule is CC(C)OCC(=O)Cc1ccc(Cl)cc1. The van der Waals surface area contributed by atoms with Crippen LogP contribution in [-0.2, 0) is 16.0 Å². The lowest BCUT2D eigenvalue weighted by atomic mass is 10.1. The molecule has 0 aliphatic rings. The third-order valence-corrected chi connectivity index (χ3v) is 2.14. The molecule has 2 nitrogen and oxygen atoms in total. The minimum Gasteiger partial charge on any atom is -0.371 e. The Morgan fingerprint density at radius 2 is 1.93 bits per heavy atom. The quantitative estimate of drug-likeness (QED) is 0.772. The van der Waals surface area contributed by atoms with Crippen LogP contribution in [0.25, 0.3) is 0 Å². The molecule has 0 saturated heterocycles. The Hall–Kier alpha value is -0.860. The number of rotatable bonds is 5. The summed E-state index contributed by atoms with van der Waals surface area (Å²) in [7, 11) is 0. The van der Waals surface area contributed by atoms with Crippen LogP contribution in [0.2, 0.25) is 5.02 Å². The minimum atomic E-state index is 0.0889. The maximum atomic E-state index is 11.4. The van der Waals surface area contributed by atoms with E-state index in [0.717, 1.165) is 5.56 Å². The van der Waals surface area contributed by atoms with Crippen LogP contribution >= 0.6 is 11.6 Å². The van der Waals surface area contributed by atoms with E-state index in [4.69, 9.17) is 16.3 Å². The molecule has 15 heavy (non-hydrogen) atoms. The van der Waals surface area contributed by atoms with Gasteiger partial charge in [-0.25, -0.2) is 0 Å². The van der Waals surface area contributed by atoms with Crippen LogP contribution in [0.5, 0.6) is 0 Å². The molecule has 0 fully saturated rings. The molecule has 0 aliphatic carbocycles. The van der Waals surface area contributed by atoms with Gasteiger partial charge in [0.25, 0.3) is 0 Å². The monoisotopic (exact) mass is 226 g/mol. The van der Waals surface area contributed by atoms with Crippen molar-refractivity contribution in [3.05, 3.63) is 34.9 Å². The molecule has 0 aromatic heterocycles. The number of hydrogen-bond donors (Lipinski definition) is 0. The van der Waals surface area contributed by atoms with Crippen LogP contribution in [0.15, 0.2) is 24.3 Å². The molecule has 0 spiro atoms. The highest BCUT2D eigenvalue weighted by Crippen LogP contribution is 2.10. The fraction of sp³-hybridized carbons (Fsp3) is 0.417. The fourth-order valence-corrected chi connectivity index (χ4v) is 1.27. The zero-order valence-electron chi connectivity index (χ0n) is 9.00. The molecule has 0 heterocycles. The van der Waals surface area contributed by atoms with Crippen molar-refractivity contribution in [2.45, 2.75) is 26.4 Å². The molecule has 1 aromatic carbocycles. The zero-order chi connectivity index (χ0) is 11.3. The van der Waals surface area contributed by atoms with Crippen molar-refractivity contribution in [1.82, 2.24) is 0 Å². The van der Waals surface area contributed by atoms with E-state index < -0.39 is 0 Å². The summed E-state index contributed by atoms with van der Waals surface area (Å²) >= 11 is 5.74. The number of ether oxygens (including phenoxy) is 1. The molecular formula is C12H15ClO2. The van der Waals surface area contributed by atoms with Gasteiger partial charge in [0.05, 0.1) is 6.10 Å². The fourth-order valence-electron chi connectivity index (χ4n) is 1.14. The van der Waals surface area contributed by atoms with Gasteiger partial charge in [-0.05, 0) is 31.5 Å². The van der Waals surface area contributed by atoms with Crippen LogP contribution in [0.3, 0.4) is 0 Å². The lowest BCUT2D eigenvalue weighted by Crippen LogP contribution is -2.15. The van der Waals surface area contributed by atoms with Crippen LogP contribution in [-0.4, -0.2) is 18.5 Å². The Bertz CT molecular complexity index is 317. The van der Waals surface area contributed by atoms with Crippen molar-refractivity contribution in [1.29, 1.82) is 0 Å². The van der Waals surface area contributed by atoms with E-state index in [-0.39, 0.29) is 18.5 Å². The molecular weight excluding hydrogens is 212 g/mol. The van der Waals surface area contributed by atoms with Crippen LogP contribution in [0, 0.1) is 0 Å². The second kappa shape index (κ2) is 5.89. The predicted molar refractivity (Wildman–Crippen MR) is 61.3 cm³/mol. The van der Waals surface area contributed by atoms with E-state index in [1.165, 1.54) is 0 Å². The molecule has 82 valence electrons. The van der Waals surface area contributed by atoms with Crippen molar-refractivity contribution in [2.75, 3.05) is 6.61 Å². The zero-order valence-corrected chi connectivity index (χ0v) is 9.75. The van der Waals surface area contributed by atoms with Gasteiger partial charge in [0, 0.05) is 11.4 Å². The average molecular weight is 227 g/mol. The van der Waals surface area contributed by atoms with E-state index in [1.54, 1.807) is 12.1 Å². The second-order valence-electron chi connectivity index (χ2n) is 3.70. The third kappa shape index (κ3) is 4.96. The Labute approximate surface area is 95.2 Å². The van der Waals surface area contributed by atoms with Crippen LogP contribution in [0.4, 0.5) is 0 Å². The topological polar surface area (TPSA) is 26.3 Å². The first kappa shape index (κ1) is 12.2. The lowest BCUT2D eigenvalue weighted by Gasteiger charge is -2.06. The number of carbonyl (C=O) groups excluding carboxylic acids is 1. The van der Waals surface area contributed by atoms with Gasteiger partial charge in [-0.3, -0.25) is 4.79 Å². The number of benzene rings is 1. The first-order chi connectivity index (χ1) is 7.08. The van der Waals surface area contributed by atoms with Gasteiger partial charge in [-0.1, -0.05) is 23.7 Å². The molecule has 0 amide bonds. The van der Waals surface area contributed by atoms with Crippen molar-refractivity contribution < 1.29 is 9.53 Å². The Morgan fingerprint density at radius 3 is 2.47 bits per heavy atom. The number of ketones is 1. The summed E-state index contributed by atoms with van der Waals surface area (Å²) in [5.41, 5.74) is 0.969. The van der Waals surface area contributed by atoms with Crippen LogP contribution < -0.4 is 0 Å². The molecule has 0 aliphatic heterocycles. The molecule has 0 atom stereocenters. The van der Waals surface area contributed by atoms with Gasteiger partial charge < -0.3 is 4.74 Å². The van der Waals surface area contributed by atoms with Gasteiger partial charge in [-0.2, -0.15) is 0 Å². The summed E-state index contributed by atoms with van der Waals surface area (Å²) < 4.78 is 5.22. The van der Waals surface area contributed by atoms with Gasteiger partial charge in [0.1, 0.15) is 6.61 Å². The Balaban J connectivity index is 2.41. The second-order valence-corrected chi connectivity index (χ2v) is 4.14. The van der Waals surface area contributed by atoms with E-state index in [2.05, 4.69) is 0 Å². The standard InChI is InChI=1S/C12H15ClO2/c1-9(2)15-8-12(14)7-10-3-5-11(13)6-4-10/h3-6,9H,7-8H2,1-2H3. The van der Waals surface area contributed by atoms with E-state index in [1.807, 2.05) is 26.0 Å². The number of halogens is 1. The van der Waals surface area contributed by atoms with Gasteiger partial charge in [0.15, 0.2) is 5.78 Å². The smallest absolute Gasteiger partial charge is 0.162 e. The number of hydrogen-bond acceptors (Lipinski definition) is 2. The lowest BCUT2D eigenvalue weighted by molar-refractivity contribution is -0.124. The largest absolute Gasteiger partial charge is 0.371 e. The van der Waals surface area contributed by atoms with Crippen molar-refractivity contribution in [3.63, 3.8) is 0 Å². The molecule has 0 unspecified atom stereocenters. The highest BCUT2D eigenvalue weighted by Gasteiger charge is 2.05. The molecule has 0 N–H and O–H groups in total. The highest BCUT2D eigenvalue weighted by atomic mass is 35.5. The third-order valence-electron chi connectivity index (χ3n) is 1.89. The van der Waals surface area contributed by atoms with Gasteiger partial charge in [-0.15, -0.1) is 0 Å². The Morgan fingerprint density at radius 1 is 1.33 bits per heavy atom. The molecule has 0 radical (unpaired) electrons. The van der Waals surface area contributed by atoms with E-state index >= 15 is 0 Å². The van der Waals surface area contributed by atoms with Crippen molar-refractivity contribution >= 4 is 17.4 Å². The maximum Gasteiger partial charge on any atom is 0.162 e. The number of Topliss-reactive ketones (excluding diaryl/α,β-unsaturated/α-hetero) is 1. The maximum absolute atomic E-state index is 11.4. The van der Waals surface area contributed by atoms with Crippen molar-refractivity contribution in [2.24, 2.45) is 0 Å². The van der Waals surface area contributed by atoms with Crippen molar-refractivity contribution in [3.8, 4) is 0 Å². The highest BCUT2D eigenvalue weighted by molar-refractivity contribution is 6.30. The molecule has 0 saturated carbocycles. The van der Waals surface area contributed by atoms with Gasteiger partial charge in [0.2, 0.25) is 0 Å². The van der Waals surface area contributed by atoms with E-state index in [0.29, 0.717) is 11.4 Å².